The van der Waals surface area contributed by atoms with Gasteiger partial charge in [-0.05, 0) is 43.0 Å². The average Bonchev–Trinajstić information content (AvgIpc) is 2.52. The standard InChI is InChI=1S/C18H29ClN2O3S/c1-5-7-8-15(6-2)12-20-18(22)13-21(25(4,23)24)17-10-9-16(19)11-14(17)3/h9-11,15H,5-8,12-13H2,1-4H3,(H,20,22)/t15-/m1/s1. The highest BCUT2D eigenvalue weighted by molar-refractivity contribution is 7.92. The number of hydrogen-bond acceptors (Lipinski definition) is 3. The number of nitrogens with one attached hydrogen (secondary N) is 1. The van der Waals surface area contributed by atoms with E-state index >= 15 is 0 Å². The third-order valence-electron chi connectivity index (χ3n) is 4.25. The SMILES string of the molecule is CCCC[C@@H](CC)CNC(=O)CN(c1ccc(Cl)cc1C)S(C)(=O)=O. The first-order chi connectivity index (χ1) is 11.7. The van der Waals surface area contributed by atoms with E-state index in [0.717, 1.165) is 36.2 Å². The molecule has 0 radical (unpaired) electrons. The number of halogens is 1. The fourth-order valence-electron chi connectivity index (χ4n) is 2.67. The van der Waals surface area contributed by atoms with Gasteiger partial charge in [0.1, 0.15) is 6.54 Å². The number of rotatable bonds is 10. The summed E-state index contributed by atoms with van der Waals surface area (Å²) < 4.78 is 25.4. The molecule has 1 aromatic carbocycles. The van der Waals surface area contributed by atoms with Crippen LogP contribution >= 0.6 is 11.6 Å². The van der Waals surface area contributed by atoms with Crippen LogP contribution in [0.25, 0.3) is 0 Å². The molecule has 0 unspecified atom stereocenters. The lowest BCUT2D eigenvalue weighted by molar-refractivity contribution is -0.119. The Bertz CT molecular complexity index is 677. The highest BCUT2D eigenvalue weighted by Gasteiger charge is 2.22. The van der Waals surface area contributed by atoms with Crippen LogP contribution in [0, 0.1) is 12.8 Å². The lowest BCUT2D eigenvalue weighted by atomic mass is 9.99. The van der Waals surface area contributed by atoms with Crippen LogP contribution in [-0.2, 0) is 14.8 Å². The predicted octanol–water partition coefficient (Wildman–Crippen LogP) is 3.75. The quantitative estimate of drug-likeness (QED) is 0.663. The molecule has 0 aliphatic rings. The Hall–Kier alpha value is -1.27. The number of unbranched alkanes of at least 4 members (excludes halogenated alkanes) is 1. The topological polar surface area (TPSA) is 66.5 Å². The first-order valence-electron chi connectivity index (χ1n) is 8.69. The number of sulfonamides is 1. The minimum Gasteiger partial charge on any atom is -0.354 e. The van der Waals surface area contributed by atoms with E-state index in [-0.39, 0.29) is 12.5 Å². The Morgan fingerprint density at radius 2 is 2.00 bits per heavy atom. The number of anilines is 1. The normalized spacial score (nSPS) is 12.7. The molecule has 0 aliphatic carbocycles. The number of carbonyl (C=O) groups excluding carboxylic acids is 1. The van der Waals surface area contributed by atoms with Gasteiger partial charge in [0.05, 0.1) is 11.9 Å². The summed E-state index contributed by atoms with van der Waals surface area (Å²) in [4.78, 5) is 12.3. The summed E-state index contributed by atoms with van der Waals surface area (Å²) >= 11 is 5.94. The zero-order chi connectivity index (χ0) is 19.0. The second-order valence-corrected chi connectivity index (χ2v) is 8.76. The first-order valence-corrected chi connectivity index (χ1v) is 10.9. The predicted molar refractivity (Wildman–Crippen MR) is 105 cm³/mol. The van der Waals surface area contributed by atoms with Crippen LogP contribution in [0.5, 0.6) is 0 Å². The largest absolute Gasteiger partial charge is 0.354 e. The molecule has 0 aromatic heterocycles. The molecule has 1 atom stereocenters. The molecule has 0 spiro atoms. The van der Waals surface area contributed by atoms with Crippen molar-refractivity contribution >= 4 is 33.2 Å². The van der Waals surface area contributed by atoms with Crippen molar-refractivity contribution in [3.05, 3.63) is 28.8 Å². The number of carbonyl (C=O) groups is 1. The van der Waals surface area contributed by atoms with Crippen LogP contribution in [0.15, 0.2) is 18.2 Å². The van der Waals surface area contributed by atoms with Crippen LogP contribution in [0.4, 0.5) is 5.69 Å². The maximum absolute atomic E-state index is 12.3. The number of benzene rings is 1. The second kappa shape index (κ2) is 10.0. The highest BCUT2D eigenvalue weighted by atomic mass is 35.5. The maximum Gasteiger partial charge on any atom is 0.240 e. The van der Waals surface area contributed by atoms with E-state index in [4.69, 9.17) is 11.6 Å². The van der Waals surface area contributed by atoms with Crippen molar-refractivity contribution in [1.29, 1.82) is 0 Å². The van der Waals surface area contributed by atoms with Gasteiger partial charge in [0.25, 0.3) is 0 Å². The van der Waals surface area contributed by atoms with Crippen LogP contribution in [0.1, 0.15) is 45.1 Å². The van der Waals surface area contributed by atoms with Crippen LogP contribution in [0.3, 0.4) is 0 Å². The van der Waals surface area contributed by atoms with Gasteiger partial charge in [0.2, 0.25) is 15.9 Å². The zero-order valence-electron chi connectivity index (χ0n) is 15.5. The maximum atomic E-state index is 12.3. The summed E-state index contributed by atoms with van der Waals surface area (Å²) in [5.41, 5.74) is 1.18. The lowest BCUT2D eigenvalue weighted by Crippen LogP contribution is -2.42. The van der Waals surface area contributed by atoms with Gasteiger partial charge in [-0.2, -0.15) is 0 Å². The molecule has 0 bridgehead atoms. The molecule has 1 N–H and O–H groups in total. The van der Waals surface area contributed by atoms with Crippen molar-refractivity contribution in [3.63, 3.8) is 0 Å². The van der Waals surface area contributed by atoms with E-state index in [1.807, 2.05) is 0 Å². The van der Waals surface area contributed by atoms with Gasteiger partial charge >= 0.3 is 0 Å². The molecule has 25 heavy (non-hydrogen) atoms. The molecule has 0 saturated carbocycles. The number of nitrogens with zero attached hydrogens (tertiary/aromatic N) is 1. The van der Waals surface area contributed by atoms with Gasteiger partial charge < -0.3 is 5.32 Å². The summed E-state index contributed by atoms with van der Waals surface area (Å²) in [7, 11) is -3.58. The Balaban J connectivity index is 2.81. The third-order valence-corrected chi connectivity index (χ3v) is 5.61. The van der Waals surface area contributed by atoms with Gasteiger partial charge in [-0.15, -0.1) is 0 Å². The molecule has 7 heteroatoms. The number of aryl methyl sites for hydroxylation is 1. The molecule has 0 saturated heterocycles. The van der Waals surface area contributed by atoms with Crippen LogP contribution in [0.2, 0.25) is 5.02 Å². The van der Waals surface area contributed by atoms with Gasteiger partial charge in [-0.3, -0.25) is 9.10 Å². The summed E-state index contributed by atoms with van der Waals surface area (Å²) in [6.07, 6.45) is 5.42. The number of hydrogen-bond donors (Lipinski definition) is 1. The molecule has 5 nitrogen and oxygen atoms in total. The number of amides is 1. The molecule has 0 aliphatic heterocycles. The molecule has 1 aromatic rings. The van der Waals surface area contributed by atoms with Gasteiger partial charge in [-0.1, -0.05) is 44.7 Å². The Morgan fingerprint density at radius 1 is 1.32 bits per heavy atom. The van der Waals surface area contributed by atoms with E-state index in [1.54, 1.807) is 25.1 Å². The van der Waals surface area contributed by atoms with E-state index in [2.05, 4.69) is 19.2 Å². The first kappa shape index (κ1) is 21.8. The van der Waals surface area contributed by atoms with Crippen molar-refractivity contribution < 1.29 is 13.2 Å². The molecule has 1 rings (SSSR count). The smallest absolute Gasteiger partial charge is 0.240 e. The minimum atomic E-state index is -3.58. The Morgan fingerprint density at radius 3 is 2.52 bits per heavy atom. The monoisotopic (exact) mass is 388 g/mol. The molecular weight excluding hydrogens is 360 g/mol. The van der Waals surface area contributed by atoms with Crippen molar-refractivity contribution in [2.24, 2.45) is 5.92 Å². The van der Waals surface area contributed by atoms with Crippen LogP contribution in [-0.4, -0.2) is 33.7 Å². The molecular formula is C18H29ClN2O3S. The van der Waals surface area contributed by atoms with Crippen molar-refractivity contribution in [2.45, 2.75) is 46.5 Å². The second-order valence-electron chi connectivity index (χ2n) is 6.42. The third kappa shape index (κ3) is 7.24. The summed E-state index contributed by atoms with van der Waals surface area (Å²) in [6, 6.07) is 4.94. The molecule has 0 fully saturated rings. The van der Waals surface area contributed by atoms with Crippen LogP contribution < -0.4 is 9.62 Å². The van der Waals surface area contributed by atoms with Crippen molar-refractivity contribution in [2.75, 3.05) is 23.7 Å². The fourth-order valence-corrected chi connectivity index (χ4v) is 3.81. The highest BCUT2D eigenvalue weighted by Crippen LogP contribution is 2.25. The minimum absolute atomic E-state index is 0.231. The van der Waals surface area contributed by atoms with E-state index in [1.165, 1.54) is 0 Å². The summed E-state index contributed by atoms with van der Waals surface area (Å²) in [5.74, 6) is 0.127. The average molecular weight is 389 g/mol. The Kier molecular flexibility index (Phi) is 8.73. The summed E-state index contributed by atoms with van der Waals surface area (Å²) in [5, 5.41) is 3.40. The van der Waals surface area contributed by atoms with E-state index < -0.39 is 10.0 Å². The summed E-state index contributed by atoms with van der Waals surface area (Å²) in [6.45, 7) is 6.36. The van der Waals surface area contributed by atoms with Crippen molar-refractivity contribution in [1.82, 2.24) is 5.32 Å². The van der Waals surface area contributed by atoms with Crippen molar-refractivity contribution in [3.8, 4) is 0 Å². The van der Waals surface area contributed by atoms with E-state index in [9.17, 15) is 13.2 Å². The fraction of sp³-hybridized carbons (Fsp3) is 0.611. The van der Waals surface area contributed by atoms with E-state index in [0.29, 0.717) is 28.7 Å². The Labute approximate surface area is 156 Å². The zero-order valence-corrected chi connectivity index (χ0v) is 17.1. The van der Waals surface area contributed by atoms with Gasteiger partial charge in [-0.25, -0.2) is 8.42 Å². The molecule has 142 valence electrons. The molecule has 1 amide bonds. The lowest BCUT2D eigenvalue weighted by Gasteiger charge is -2.24. The van der Waals surface area contributed by atoms with Gasteiger partial charge in [0, 0.05) is 11.6 Å². The van der Waals surface area contributed by atoms with Gasteiger partial charge in [0.15, 0.2) is 0 Å². The molecule has 0 heterocycles.